The Morgan fingerprint density at radius 2 is 1.89 bits per heavy atom. The number of aromatic hydroxyl groups is 1. The number of benzene rings is 3. The molecule has 0 radical (unpaired) electrons. The van der Waals surface area contributed by atoms with Gasteiger partial charge in [-0.15, -0.1) is 0 Å². The van der Waals surface area contributed by atoms with Gasteiger partial charge in [0.2, 0.25) is 0 Å². The van der Waals surface area contributed by atoms with E-state index >= 15 is 0 Å². The minimum absolute atomic E-state index is 0.0453. The second-order valence-electron chi connectivity index (χ2n) is 9.10. The molecule has 184 valence electrons. The van der Waals surface area contributed by atoms with Gasteiger partial charge in [-0.3, -0.25) is 10.2 Å². The van der Waals surface area contributed by atoms with Gasteiger partial charge in [0.15, 0.2) is 5.71 Å². The Kier molecular flexibility index (Phi) is 6.87. The first-order chi connectivity index (χ1) is 17.1. The van der Waals surface area contributed by atoms with Crippen molar-refractivity contribution in [1.82, 2.24) is 0 Å². The molecule has 8 nitrogen and oxygen atoms in total. The summed E-state index contributed by atoms with van der Waals surface area (Å²) in [5.41, 5.74) is 7.75. The van der Waals surface area contributed by atoms with E-state index in [1.807, 2.05) is 25.1 Å². The summed E-state index contributed by atoms with van der Waals surface area (Å²) >= 11 is 0. The summed E-state index contributed by atoms with van der Waals surface area (Å²) in [4.78, 5) is 24.3. The van der Waals surface area contributed by atoms with Crippen molar-refractivity contribution in [2.75, 3.05) is 10.7 Å². The van der Waals surface area contributed by atoms with Crippen LogP contribution in [0.15, 0.2) is 59.7 Å². The van der Waals surface area contributed by atoms with E-state index in [2.05, 4.69) is 22.8 Å². The van der Waals surface area contributed by atoms with Gasteiger partial charge in [0, 0.05) is 11.3 Å². The van der Waals surface area contributed by atoms with Gasteiger partial charge in [0.05, 0.1) is 17.0 Å². The molecule has 0 spiro atoms. The molecule has 1 aliphatic carbocycles. The van der Waals surface area contributed by atoms with Crippen molar-refractivity contribution in [3.05, 3.63) is 76.9 Å². The number of hydrogen-bond donors (Lipinski definition) is 5. The third-order valence-electron chi connectivity index (χ3n) is 6.31. The van der Waals surface area contributed by atoms with Crippen LogP contribution >= 0.6 is 0 Å². The molecule has 0 fully saturated rings. The van der Waals surface area contributed by atoms with Crippen LogP contribution in [0, 0.1) is 12.3 Å². The average molecular weight is 485 g/mol. The fraction of sp³-hybridized carbons (Fsp3) is 0.214. The van der Waals surface area contributed by atoms with Gasteiger partial charge in [0.1, 0.15) is 5.75 Å². The third kappa shape index (κ3) is 5.12. The van der Waals surface area contributed by atoms with E-state index in [1.54, 1.807) is 24.3 Å². The first-order valence-electron chi connectivity index (χ1n) is 11.6. The number of phenols is 1. The number of phenolic OH excluding ortho intramolecular Hbond substituents is 1. The number of anilines is 2. The number of carbonyl (C=O) groups is 2. The van der Waals surface area contributed by atoms with Crippen LogP contribution in [0.25, 0.3) is 11.1 Å². The molecule has 0 heterocycles. The van der Waals surface area contributed by atoms with E-state index in [0.29, 0.717) is 22.7 Å². The fourth-order valence-corrected chi connectivity index (χ4v) is 4.40. The lowest BCUT2D eigenvalue weighted by atomic mass is 9.99. The number of rotatable bonds is 7. The third-order valence-corrected chi connectivity index (χ3v) is 6.31. The number of nitrogens with zero attached hydrogens (tertiary/aromatic N) is 1. The molecular formula is C28H28N4O4. The number of amides is 1. The van der Waals surface area contributed by atoms with Gasteiger partial charge in [-0.2, -0.15) is 5.10 Å². The summed E-state index contributed by atoms with van der Waals surface area (Å²) in [6.07, 6.45) is 2.12. The van der Waals surface area contributed by atoms with Crippen LogP contribution < -0.4 is 10.7 Å². The highest BCUT2D eigenvalue weighted by Crippen LogP contribution is 2.37. The lowest BCUT2D eigenvalue weighted by Crippen LogP contribution is -2.29. The summed E-state index contributed by atoms with van der Waals surface area (Å²) in [5, 5.41) is 35.2. The minimum Gasteiger partial charge on any atom is -0.505 e. The summed E-state index contributed by atoms with van der Waals surface area (Å²) in [6, 6.07) is 15.5. The highest BCUT2D eigenvalue weighted by Gasteiger charge is 2.21. The molecule has 0 aromatic heterocycles. The van der Waals surface area contributed by atoms with Crippen LogP contribution in [0.4, 0.5) is 11.4 Å². The van der Waals surface area contributed by atoms with E-state index < -0.39 is 11.9 Å². The number of carbonyl (C=O) groups excluding carboxylic acids is 1. The van der Waals surface area contributed by atoms with Crippen molar-refractivity contribution in [1.29, 1.82) is 5.41 Å². The van der Waals surface area contributed by atoms with Crippen LogP contribution in [0.3, 0.4) is 0 Å². The molecule has 0 saturated carbocycles. The average Bonchev–Trinajstić information content (AvgIpc) is 3.21. The fourth-order valence-electron chi connectivity index (χ4n) is 4.40. The van der Waals surface area contributed by atoms with Crippen LogP contribution in [0.2, 0.25) is 0 Å². The minimum atomic E-state index is -1.07. The number of hydrogen-bond acceptors (Lipinski definition) is 6. The predicted octanol–water partition coefficient (Wildman–Crippen LogP) is 5.56. The van der Waals surface area contributed by atoms with E-state index in [9.17, 15) is 19.8 Å². The molecule has 3 aromatic rings. The maximum atomic E-state index is 13.0. The molecule has 5 N–H and O–H groups in total. The van der Waals surface area contributed by atoms with Gasteiger partial charge >= 0.3 is 5.97 Å². The molecule has 1 amide bonds. The summed E-state index contributed by atoms with van der Waals surface area (Å²) in [7, 11) is 0. The van der Waals surface area contributed by atoms with Crippen LogP contribution in [0.5, 0.6) is 5.75 Å². The van der Waals surface area contributed by atoms with Crippen LogP contribution in [-0.4, -0.2) is 33.5 Å². The first-order valence-corrected chi connectivity index (χ1v) is 11.6. The lowest BCUT2D eigenvalue weighted by Gasteiger charge is -2.13. The largest absolute Gasteiger partial charge is 0.505 e. The first kappa shape index (κ1) is 24.7. The van der Waals surface area contributed by atoms with Gasteiger partial charge in [0.25, 0.3) is 5.91 Å². The molecule has 1 aliphatic rings. The van der Waals surface area contributed by atoms with Crippen molar-refractivity contribution in [3.8, 4) is 16.9 Å². The number of fused-ring (bicyclic) bond motifs is 1. The smallest absolute Gasteiger partial charge is 0.335 e. The van der Waals surface area contributed by atoms with E-state index in [1.165, 1.54) is 30.2 Å². The number of carboxylic acid groups (broad SMARTS) is 1. The quantitative estimate of drug-likeness (QED) is 0.170. The van der Waals surface area contributed by atoms with Crippen LogP contribution in [0.1, 0.15) is 53.2 Å². The molecule has 0 saturated heterocycles. The number of hydrazone groups is 1. The summed E-state index contributed by atoms with van der Waals surface area (Å²) in [5.74, 6) is -1.32. The SMILES string of the molecule is CC(=N)/C(=N/Nc1cc(C)cc(-c2cccc(C(=O)O)c2)c1O)C(=O)Nc1ccc2c(c1)C(C)CC2. The number of nitrogens with one attached hydrogen (secondary N) is 3. The molecule has 4 rings (SSSR count). The maximum absolute atomic E-state index is 13.0. The summed E-state index contributed by atoms with van der Waals surface area (Å²) in [6.45, 7) is 5.45. The standard InChI is InChI=1S/C28H28N4O4/c1-15-11-23(19-5-4-6-20(13-19)28(35)36)26(33)24(12-15)31-32-25(17(3)29)27(34)30-21-10-9-18-8-7-16(2)22(18)14-21/h4-6,9-14,16,29,31,33H,7-8H2,1-3H3,(H,30,34)(H,35,36)/b29-17?,32-25-. The highest BCUT2D eigenvalue weighted by atomic mass is 16.4. The molecule has 1 unspecified atom stereocenters. The van der Waals surface area contributed by atoms with Crippen molar-refractivity contribution in [2.45, 2.75) is 39.5 Å². The van der Waals surface area contributed by atoms with Crippen molar-refractivity contribution in [3.63, 3.8) is 0 Å². The zero-order valence-corrected chi connectivity index (χ0v) is 20.3. The Morgan fingerprint density at radius 3 is 2.61 bits per heavy atom. The number of aryl methyl sites for hydroxylation is 2. The molecule has 0 aliphatic heterocycles. The van der Waals surface area contributed by atoms with Gasteiger partial charge in [-0.1, -0.05) is 25.1 Å². The Labute approximate surface area is 209 Å². The second-order valence-corrected chi connectivity index (χ2v) is 9.10. The zero-order valence-electron chi connectivity index (χ0n) is 20.3. The van der Waals surface area contributed by atoms with Gasteiger partial charge in [-0.05, 0) is 91.3 Å². The Balaban J connectivity index is 1.60. The topological polar surface area (TPSA) is 135 Å². The molecule has 3 aromatic carbocycles. The molecule has 36 heavy (non-hydrogen) atoms. The van der Waals surface area contributed by atoms with Crippen molar-refractivity contribution < 1.29 is 19.8 Å². The molecular weight excluding hydrogens is 456 g/mol. The van der Waals surface area contributed by atoms with E-state index in [4.69, 9.17) is 5.41 Å². The molecule has 1 atom stereocenters. The molecule has 8 heteroatoms. The lowest BCUT2D eigenvalue weighted by molar-refractivity contribution is -0.110. The van der Waals surface area contributed by atoms with E-state index in [-0.39, 0.29) is 28.4 Å². The Bertz CT molecular complexity index is 1410. The monoisotopic (exact) mass is 484 g/mol. The van der Waals surface area contributed by atoms with Crippen molar-refractivity contribution >= 4 is 34.7 Å². The Hall–Kier alpha value is -4.46. The number of carboxylic acids is 1. The van der Waals surface area contributed by atoms with Gasteiger partial charge in [-0.25, -0.2) is 4.79 Å². The predicted molar refractivity (Wildman–Crippen MR) is 142 cm³/mol. The summed E-state index contributed by atoms with van der Waals surface area (Å²) < 4.78 is 0. The highest BCUT2D eigenvalue weighted by molar-refractivity contribution is 6.67. The normalized spacial score (nSPS) is 14.8. The Morgan fingerprint density at radius 1 is 1.11 bits per heavy atom. The zero-order chi connectivity index (χ0) is 26.0. The van der Waals surface area contributed by atoms with Gasteiger partial charge < -0.3 is 20.9 Å². The van der Waals surface area contributed by atoms with E-state index in [0.717, 1.165) is 18.4 Å². The van der Waals surface area contributed by atoms with Crippen molar-refractivity contribution in [2.24, 2.45) is 5.10 Å². The molecule has 0 bridgehead atoms. The number of aromatic carboxylic acids is 1. The maximum Gasteiger partial charge on any atom is 0.335 e. The second kappa shape index (κ2) is 10.0. The van der Waals surface area contributed by atoms with Crippen LogP contribution in [-0.2, 0) is 11.2 Å².